The van der Waals surface area contributed by atoms with Gasteiger partial charge in [-0.05, 0) is 32.9 Å². The highest BCUT2D eigenvalue weighted by molar-refractivity contribution is 5.79. The topological polar surface area (TPSA) is 78.6 Å². The second-order valence-electron chi connectivity index (χ2n) is 4.19. The summed E-state index contributed by atoms with van der Waals surface area (Å²) < 4.78 is 0. The van der Waals surface area contributed by atoms with E-state index in [1.165, 1.54) is 12.8 Å². The number of hydrogen-bond acceptors (Lipinski definition) is 4. The Bertz CT molecular complexity index is 205. The van der Waals surface area contributed by atoms with Crippen LogP contribution in [0.2, 0.25) is 0 Å². The number of nitrogens with two attached hydrogens (primary N) is 1. The van der Waals surface area contributed by atoms with Crippen LogP contribution in [0, 0.1) is 0 Å². The lowest BCUT2D eigenvalue weighted by molar-refractivity contribution is -0.119. The molecule has 4 N–H and O–H groups in total. The van der Waals surface area contributed by atoms with Crippen molar-refractivity contribution in [2.45, 2.75) is 31.9 Å². The quantitative estimate of drug-likeness (QED) is 0.526. The number of aliphatic hydroxyl groups is 1. The SMILES string of the molecule is CC(NCC(O)CN1CCCC1)C(N)=O. The molecule has 0 radical (unpaired) electrons. The highest BCUT2D eigenvalue weighted by Crippen LogP contribution is 2.07. The van der Waals surface area contributed by atoms with Gasteiger partial charge in [0.25, 0.3) is 0 Å². The number of likely N-dealkylation sites (tertiary alicyclic amines) is 1. The van der Waals surface area contributed by atoms with Crippen LogP contribution in [0.15, 0.2) is 0 Å². The molecule has 0 spiro atoms. The summed E-state index contributed by atoms with van der Waals surface area (Å²) in [6, 6.07) is -0.377. The summed E-state index contributed by atoms with van der Waals surface area (Å²) in [5.74, 6) is -0.386. The Morgan fingerprint density at radius 3 is 2.67 bits per heavy atom. The maximum atomic E-state index is 10.7. The van der Waals surface area contributed by atoms with Crippen LogP contribution in [0.1, 0.15) is 19.8 Å². The van der Waals surface area contributed by atoms with Gasteiger partial charge in [0.05, 0.1) is 12.1 Å². The fourth-order valence-corrected chi connectivity index (χ4v) is 1.74. The third-order valence-corrected chi connectivity index (χ3v) is 2.75. The van der Waals surface area contributed by atoms with E-state index in [4.69, 9.17) is 5.73 Å². The van der Waals surface area contributed by atoms with E-state index >= 15 is 0 Å². The normalized spacial score (nSPS) is 21.5. The van der Waals surface area contributed by atoms with Crippen molar-refractivity contribution in [1.29, 1.82) is 0 Å². The molecule has 0 aromatic carbocycles. The Hall–Kier alpha value is -0.650. The van der Waals surface area contributed by atoms with Crippen LogP contribution in [0.5, 0.6) is 0 Å². The highest BCUT2D eigenvalue weighted by atomic mass is 16.3. The number of nitrogens with one attached hydrogen (secondary N) is 1. The van der Waals surface area contributed by atoms with E-state index in [-0.39, 0.29) is 11.9 Å². The van der Waals surface area contributed by atoms with E-state index < -0.39 is 6.10 Å². The van der Waals surface area contributed by atoms with Crippen LogP contribution in [0.3, 0.4) is 0 Å². The lowest BCUT2D eigenvalue weighted by atomic mass is 10.2. The minimum absolute atomic E-state index is 0.377. The number of β-amino-alcohol motifs (C(OH)–C–C–N with tert-alkyl or cyclic N) is 1. The van der Waals surface area contributed by atoms with Crippen molar-refractivity contribution in [3.8, 4) is 0 Å². The van der Waals surface area contributed by atoms with Crippen LogP contribution < -0.4 is 11.1 Å². The molecule has 1 amide bonds. The highest BCUT2D eigenvalue weighted by Gasteiger charge is 2.16. The molecule has 15 heavy (non-hydrogen) atoms. The number of hydrogen-bond donors (Lipinski definition) is 3. The van der Waals surface area contributed by atoms with Crippen LogP contribution in [0.25, 0.3) is 0 Å². The molecule has 1 heterocycles. The number of nitrogens with zero attached hydrogens (tertiary/aromatic N) is 1. The fraction of sp³-hybridized carbons (Fsp3) is 0.900. The minimum Gasteiger partial charge on any atom is -0.390 e. The van der Waals surface area contributed by atoms with Crippen molar-refractivity contribution in [3.63, 3.8) is 0 Å². The zero-order valence-corrected chi connectivity index (χ0v) is 9.28. The van der Waals surface area contributed by atoms with Gasteiger partial charge in [-0.3, -0.25) is 4.79 Å². The first kappa shape index (κ1) is 12.4. The summed E-state index contributed by atoms with van der Waals surface area (Å²) in [6.07, 6.45) is 2.01. The van der Waals surface area contributed by atoms with Crippen LogP contribution in [-0.4, -0.2) is 54.2 Å². The van der Waals surface area contributed by atoms with E-state index in [2.05, 4.69) is 10.2 Å². The zero-order chi connectivity index (χ0) is 11.3. The summed E-state index contributed by atoms with van der Waals surface area (Å²) in [6.45, 7) is 4.94. The first-order chi connectivity index (χ1) is 7.09. The van der Waals surface area contributed by atoms with Crippen molar-refractivity contribution < 1.29 is 9.90 Å². The standard InChI is InChI=1S/C10H21N3O2/c1-8(10(11)15)12-6-9(14)7-13-4-2-3-5-13/h8-9,12,14H,2-7H2,1H3,(H2,11,15). The molecule has 5 heteroatoms. The largest absolute Gasteiger partial charge is 0.390 e. The second-order valence-corrected chi connectivity index (χ2v) is 4.19. The molecule has 88 valence electrons. The van der Waals surface area contributed by atoms with Crippen LogP contribution >= 0.6 is 0 Å². The number of carbonyl (C=O) groups is 1. The van der Waals surface area contributed by atoms with Gasteiger partial charge < -0.3 is 21.1 Å². The number of primary amides is 1. The van der Waals surface area contributed by atoms with Gasteiger partial charge >= 0.3 is 0 Å². The van der Waals surface area contributed by atoms with Gasteiger partial charge in [-0.25, -0.2) is 0 Å². The zero-order valence-electron chi connectivity index (χ0n) is 9.28. The van der Waals surface area contributed by atoms with Gasteiger partial charge in [0.15, 0.2) is 0 Å². The molecule has 1 aliphatic rings. The molecule has 0 aliphatic carbocycles. The van der Waals surface area contributed by atoms with Crippen molar-refractivity contribution in [1.82, 2.24) is 10.2 Å². The Morgan fingerprint density at radius 1 is 1.53 bits per heavy atom. The molecule has 5 nitrogen and oxygen atoms in total. The summed E-state index contributed by atoms with van der Waals surface area (Å²) in [5.41, 5.74) is 5.09. The molecule has 0 saturated carbocycles. The first-order valence-corrected chi connectivity index (χ1v) is 5.52. The number of rotatable bonds is 6. The van der Waals surface area contributed by atoms with Crippen LogP contribution in [0.4, 0.5) is 0 Å². The lowest BCUT2D eigenvalue weighted by Crippen LogP contribution is -2.44. The Labute approximate surface area is 90.6 Å². The predicted molar refractivity (Wildman–Crippen MR) is 58.3 cm³/mol. The van der Waals surface area contributed by atoms with Gasteiger partial charge in [0, 0.05) is 13.1 Å². The van der Waals surface area contributed by atoms with Crippen molar-refractivity contribution >= 4 is 5.91 Å². The number of carbonyl (C=O) groups excluding carboxylic acids is 1. The van der Waals surface area contributed by atoms with Gasteiger partial charge in [0.2, 0.25) is 5.91 Å². The molecule has 2 atom stereocenters. The summed E-state index contributed by atoms with van der Waals surface area (Å²) in [4.78, 5) is 13.0. The second kappa shape index (κ2) is 6.05. The van der Waals surface area contributed by atoms with Gasteiger partial charge in [0.1, 0.15) is 0 Å². The molecule has 0 aromatic heterocycles. The third-order valence-electron chi connectivity index (χ3n) is 2.75. The summed E-state index contributed by atoms with van der Waals surface area (Å²) in [5, 5.41) is 12.6. The molecule has 1 saturated heterocycles. The molecular formula is C10H21N3O2. The van der Waals surface area contributed by atoms with E-state index in [0.717, 1.165) is 13.1 Å². The van der Waals surface area contributed by atoms with Crippen molar-refractivity contribution in [2.24, 2.45) is 5.73 Å². The van der Waals surface area contributed by atoms with E-state index in [1.807, 2.05) is 0 Å². The van der Waals surface area contributed by atoms with Gasteiger partial charge in [-0.2, -0.15) is 0 Å². The van der Waals surface area contributed by atoms with E-state index in [0.29, 0.717) is 13.1 Å². The fourth-order valence-electron chi connectivity index (χ4n) is 1.74. The molecule has 1 aliphatic heterocycles. The number of aliphatic hydroxyl groups excluding tert-OH is 1. The maximum Gasteiger partial charge on any atom is 0.234 e. The van der Waals surface area contributed by atoms with Crippen molar-refractivity contribution in [3.05, 3.63) is 0 Å². The first-order valence-electron chi connectivity index (χ1n) is 5.52. The molecule has 0 bridgehead atoms. The minimum atomic E-state index is -0.426. The smallest absolute Gasteiger partial charge is 0.234 e. The lowest BCUT2D eigenvalue weighted by Gasteiger charge is -2.20. The van der Waals surface area contributed by atoms with Gasteiger partial charge in [-0.15, -0.1) is 0 Å². The predicted octanol–water partition coefficient (Wildman–Crippen LogP) is -1.09. The molecule has 0 aromatic rings. The average Bonchev–Trinajstić information content (AvgIpc) is 2.66. The van der Waals surface area contributed by atoms with Crippen molar-refractivity contribution in [2.75, 3.05) is 26.2 Å². The van der Waals surface area contributed by atoms with E-state index in [9.17, 15) is 9.90 Å². The molecule has 1 rings (SSSR count). The number of amides is 1. The van der Waals surface area contributed by atoms with E-state index in [1.54, 1.807) is 6.92 Å². The summed E-state index contributed by atoms with van der Waals surface area (Å²) >= 11 is 0. The third kappa shape index (κ3) is 4.59. The monoisotopic (exact) mass is 215 g/mol. The average molecular weight is 215 g/mol. The Morgan fingerprint density at radius 2 is 2.13 bits per heavy atom. The summed E-state index contributed by atoms with van der Waals surface area (Å²) in [7, 11) is 0. The van der Waals surface area contributed by atoms with Crippen LogP contribution in [-0.2, 0) is 4.79 Å². The Balaban J connectivity index is 2.12. The van der Waals surface area contributed by atoms with Gasteiger partial charge in [-0.1, -0.05) is 0 Å². The molecule has 2 unspecified atom stereocenters. The molecular weight excluding hydrogens is 194 g/mol. The maximum absolute atomic E-state index is 10.7. The Kier molecular flexibility index (Phi) is 5.01. The molecule has 1 fully saturated rings.